The molecule has 0 unspecified atom stereocenters. The maximum absolute atomic E-state index is 13.4. The molecule has 4 nitrogen and oxygen atoms in total. The summed E-state index contributed by atoms with van der Waals surface area (Å²) in [5.74, 6) is -2.18. The molecule has 1 N–H and O–H groups in total. The summed E-state index contributed by atoms with van der Waals surface area (Å²) in [6, 6.07) is 3.97. The lowest BCUT2D eigenvalue weighted by Crippen LogP contribution is -2.52. The normalized spacial score (nSPS) is 11.2. The Labute approximate surface area is 119 Å². The third-order valence-corrected chi connectivity index (χ3v) is 3.57. The quantitative estimate of drug-likeness (QED) is 0.922. The number of hydrogen-bond donors (Lipinski definition) is 1. The van der Waals surface area contributed by atoms with Gasteiger partial charge in [0, 0.05) is 12.1 Å². The second-order valence-electron chi connectivity index (χ2n) is 4.54. The molecular formula is C13H15BrFNO3. The van der Waals surface area contributed by atoms with E-state index < -0.39 is 23.2 Å². The molecular weight excluding hydrogens is 317 g/mol. The van der Waals surface area contributed by atoms with Crippen molar-refractivity contribution in [1.82, 2.24) is 4.90 Å². The predicted molar refractivity (Wildman–Crippen MR) is 72.5 cm³/mol. The third-order valence-electron chi connectivity index (χ3n) is 2.93. The summed E-state index contributed by atoms with van der Waals surface area (Å²) in [6.07, 6.45) is 0. The van der Waals surface area contributed by atoms with E-state index in [1.54, 1.807) is 6.92 Å². The summed E-state index contributed by atoms with van der Waals surface area (Å²) >= 11 is 3.00. The third kappa shape index (κ3) is 3.12. The van der Waals surface area contributed by atoms with E-state index in [9.17, 15) is 14.0 Å². The number of halogens is 2. The summed E-state index contributed by atoms with van der Waals surface area (Å²) in [5, 5.41) is 9.16. The van der Waals surface area contributed by atoms with Gasteiger partial charge in [-0.3, -0.25) is 4.79 Å². The number of rotatable bonds is 4. The Bertz CT molecular complexity index is 517. The van der Waals surface area contributed by atoms with E-state index in [0.717, 1.165) is 6.07 Å². The molecule has 0 saturated heterocycles. The average Bonchev–Trinajstić information content (AvgIpc) is 2.32. The highest BCUT2D eigenvalue weighted by Crippen LogP contribution is 2.21. The summed E-state index contributed by atoms with van der Waals surface area (Å²) < 4.78 is 13.7. The number of aliphatic carboxylic acids is 1. The van der Waals surface area contributed by atoms with Crippen molar-refractivity contribution in [3.05, 3.63) is 34.1 Å². The van der Waals surface area contributed by atoms with Gasteiger partial charge in [-0.2, -0.15) is 0 Å². The van der Waals surface area contributed by atoms with Crippen molar-refractivity contribution in [3.8, 4) is 0 Å². The molecule has 0 fully saturated rings. The van der Waals surface area contributed by atoms with Crippen LogP contribution in [0.25, 0.3) is 0 Å². The minimum Gasteiger partial charge on any atom is -0.480 e. The van der Waals surface area contributed by atoms with Gasteiger partial charge in [-0.05, 0) is 54.9 Å². The van der Waals surface area contributed by atoms with Crippen LogP contribution in [0.2, 0.25) is 0 Å². The standard InChI is InChI=1S/C13H15BrFNO3/c1-4-16(13(2,3)12(18)19)11(17)8-5-6-9(14)10(15)7-8/h5-7H,4H2,1-3H3,(H,18,19). The van der Waals surface area contributed by atoms with Gasteiger partial charge in [0.2, 0.25) is 0 Å². The number of carboxylic acids is 1. The van der Waals surface area contributed by atoms with Crippen LogP contribution in [0.1, 0.15) is 31.1 Å². The average molecular weight is 332 g/mol. The Kier molecular flexibility index (Phi) is 4.68. The zero-order valence-electron chi connectivity index (χ0n) is 10.9. The molecule has 0 radical (unpaired) electrons. The Morgan fingerprint density at radius 3 is 2.42 bits per heavy atom. The van der Waals surface area contributed by atoms with Crippen LogP contribution >= 0.6 is 15.9 Å². The number of carboxylic acid groups (broad SMARTS) is 1. The first kappa shape index (κ1) is 15.6. The molecule has 6 heteroatoms. The first-order valence-electron chi connectivity index (χ1n) is 5.72. The molecule has 1 amide bonds. The van der Waals surface area contributed by atoms with Gasteiger partial charge < -0.3 is 10.0 Å². The Balaban J connectivity index is 3.15. The number of carbonyl (C=O) groups excluding carboxylic acids is 1. The molecule has 0 aliphatic heterocycles. The molecule has 0 aliphatic carbocycles. The zero-order valence-corrected chi connectivity index (χ0v) is 12.5. The molecule has 0 saturated carbocycles. The van der Waals surface area contributed by atoms with Crippen molar-refractivity contribution < 1.29 is 19.1 Å². The lowest BCUT2D eigenvalue weighted by molar-refractivity contribution is -0.147. The van der Waals surface area contributed by atoms with Gasteiger partial charge in [-0.25, -0.2) is 9.18 Å². The number of carbonyl (C=O) groups is 2. The Morgan fingerprint density at radius 1 is 1.42 bits per heavy atom. The number of amides is 1. The number of hydrogen-bond acceptors (Lipinski definition) is 2. The van der Waals surface area contributed by atoms with Crippen LogP contribution in [0.3, 0.4) is 0 Å². The topological polar surface area (TPSA) is 57.6 Å². The lowest BCUT2D eigenvalue weighted by atomic mass is 10.0. The van der Waals surface area contributed by atoms with Gasteiger partial charge in [0.1, 0.15) is 11.4 Å². The highest BCUT2D eigenvalue weighted by atomic mass is 79.9. The largest absolute Gasteiger partial charge is 0.480 e. The number of nitrogens with zero attached hydrogens (tertiary/aromatic N) is 1. The molecule has 0 atom stereocenters. The van der Waals surface area contributed by atoms with Gasteiger partial charge >= 0.3 is 5.97 Å². The maximum atomic E-state index is 13.4. The van der Waals surface area contributed by atoms with Gasteiger partial charge in [-0.15, -0.1) is 0 Å². The van der Waals surface area contributed by atoms with Gasteiger partial charge in [0.15, 0.2) is 0 Å². The molecule has 0 bridgehead atoms. The summed E-state index contributed by atoms with van der Waals surface area (Å²) in [6.45, 7) is 4.77. The van der Waals surface area contributed by atoms with Crippen molar-refractivity contribution in [2.45, 2.75) is 26.3 Å². The summed E-state index contributed by atoms with van der Waals surface area (Å²) in [5.41, 5.74) is -1.23. The van der Waals surface area contributed by atoms with E-state index >= 15 is 0 Å². The monoisotopic (exact) mass is 331 g/mol. The second-order valence-corrected chi connectivity index (χ2v) is 5.40. The first-order chi connectivity index (χ1) is 8.71. The van der Waals surface area contributed by atoms with E-state index in [0.29, 0.717) is 0 Å². The fourth-order valence-electron chi connectivity index (χ4n) is 1.69. The van der Waals surface area contributed by atoms with Crippen LogP contribution < -0.4 is 0 Å². The van der Waals surface area contributed by atoms with Gasteiger partial charge in [-0.1, -0.05) is 0 Å². The molecule has 0 aliphatic rings. The highest BCUT2D eigenvalue weighted by Gasteiger charge is 2.37. The van der Waals surface area contributed by atoms with E-state index in [2.05, 4.69) is 15.9 Å². The predicted octanol–water partition coefficient (Wildman–Crippen LogP) is 2.91. The molecule has 19 heavy (non-hydrogen) atoms. The van der Waals surface area contributed by atoms with Crippen molar-refractivity contribution in [1.29, 1.82) is 0 Å². The molecule has 0 aromatic heterocycles. The Morgan fingerprint density at radius 2 is 2.00 bits per heavy atom. The summed E-state index contributed by atoms with van der Waals surface area (Å²) in [4.78, 5) is 24.7. The van der Waals surface area contributed by atoms with E-state index in [1.807, 2.05) is 0 Å². The molecule has 0 heterocycles. The highest BCUT2D eigenvalue weighted by molar-refractivity contribution is 9.10. The van der Waals surface area contributed by atoms with Crippen molar-refractivity contribution in [3.63, 3.8) is 0 Å². The minimum atomic E-state index is -1.35. The molecule has 1 rings (SSSR count). The summed E-state index contributed by atoms with van der Waals surface area (Å²) in [7, 11) is 0. The molecule has 104 valence electrons. The molecule has 1 aromatic rings. The second kappa shape index (κ2) is 5.69. The van der Waals surface area contributed by atoms with E-state index in [1.165, 1.54) is 30.9 Å². The maximum Gasteiger partial charge on any atom is 0.329 e. The molecule has 0 spiro atoms. The van der Waals surface area contributed by atoms with Crippen molar-refractivity contribution in [2.75, 3.05) is 6.54 Å². The van der Waals surface area contributed by atoms with Gasteiger partial charge in [0.25, 0.3) is 5.91 Å². The Hall–Kier alpha value is -1.43. The van der Waals surface area contributed by atoms with Crippen LogP contribution in [0.4, 0.5) is 4.39 Å². The van der Waals surface area contributed by atoms with Crippen LogP contribution in [-0.2, 0) is 4.79 Å². The number of likely N-dealkylation sites (N-methyl/N-ethyl adjacent to an activating group) is 1. The minimum absolute atomic E-state index is 0.122. The fraction of sp³-hybridized carbons (Fsp3) is 0.385. The van der Waals surface area contributed by atoms with Crippen molar-refractivity contribution >= 4 is 27.8 Å². The SMILES string of the molecule is CCN(C(=O)c1ccc(Br)c(F)c1)C(C)(C)C(=O)O. The van der Waals surface area contributed by atoms with Crippen LogP contribution in [-0.4, -0.2) is 34.0 Å². The van der Waals surface area contributed by atoms with Crippen LogP contribution in [0.15, 0.2) is 22.7 Å². The number of benzene rings is 1. The molecule has 1 aromatic carbocycles. The smallest absolute Gasteiger partial charge is 0.329 e. The van der Waals surface area contributed by atoms with Crippen LogP contribution in [0.5, 0.6) is 0 Å². The van der Waals surface area contributed by atoms with Crippen LogP contribution in [0, 0.1) is 5.82 Å². The zero-order chi connectivity index (χ0) is 14.8. The first-order valence-corrected chi connectivity index (χ1v) is 6.51. The fourth-order valence-corrected chi connectivity index (χ4v) is 1.94. The van der Waals surface area contributed by atoms with E-state index in [4.69, 9.17) is 5.11 Å². The van der Waals surface area contributed by atoms with Gasteiger partial charge in [0.05, 0.1) is 4.47 Å². The van der Waals surface area contributed by atoms with Crippen molar-refractivity contribution in [2.24, 2.45) is 0 Å². The lowest BCUT2D eigenvalue weighted by Gasteiger charge is -2.34. The van der Waals surface area contributed by atoms with E-state index in [-0.39, 0.29) is 16.6 Å².